The van der Waals surface area contributed by atoms with Gasteiger partial charge in [0, 0.05) is 14.1 Å². The largest absolute Gasteiger partial charge is 0.394 e. The fraction of sp³-hybridized carbons (Fsp3) is 0.556. The van der Waals surface area contributed by atoms with E-state index in [9.17, 15) is 0 Å². The molecule has 0 aromatic heterocycles. The molecule has 0 radical (unpaired) electrons. The summed E-state index contributed by atoms with van der Waals surface area (Å²) in [5, 5.41) is 4.05. The van der Waals surface area contributed by atoms with Gasteiger partial charge in [-0.3, -0.25) is 0 Å². The molecule has 0 aromatic rings. The third-order valence-electron chi connectivity index (χ3n) is 2.54. The van der Waals surface area contributed by atoms with Crippen molar-refractivity contribution in [1.29, 1.82) is 0 Å². The Morgan fingerprint density at radius 2 is 1.85 bits per heavy atom. The monoisotopic (exact) mass is 309 g/mol. The summed E-state index contributed by atoms with van der Waals surface area (Å²) >= 11 is 0. The molecule has 114 valence electrons. The molecule has 0 spiro atoms. The van der Waals surface area contributed by atoms with Gasteiger partial charge in [-0.15, -0.1) is 10.2 Å². The van der Waals surface area contributed by atoms with Crippen LogP contribution in [-0.4, -0.2) is 56.9 Å². The van der Waals surface area contributed by atoms with E-state index in [1.165, 1.54) is 0 Å². The maximum atomic E-state index is 8.49. The Hall–Kier alpha value is -1.43. The van der Waals surface area contributed by atoms with Crippen LogP contribution in [0.2, 0.25) is 0 Å². The van der Waals surface area contributed by atoms with Crippen molar-refractivity contribution in [1.82, 2.24) is 9.80 Å². The number of rotatable bonds is 1. The number of quaternary nitrogens is 1. The van der Waals surface area contributed by atoms with E-state index < -0.39 is 10.2 Å². The number of amidine groups is 1. The van der Waals surface area contributed by atoms with E-state index in [0.29, 0.717) is 0 Å². The number of hydrogen-bond acceptors (Lipinski definition) is 9. The highest BCUT2D eigenvalue weighted by atomic mass is 35.7. The van der Waals surface area contributed by atoms with Gasteiger partial charge in [0.1, 0.15) is 7.11 Å². The summed E-state index contributed by atoms with van der Waals surface area (Å²) in [6, 6.07) is 0. The molecule has 2 rings (SSSR count). The van der Waals surface area contributed by atoms with Crippen LogP contribution in [0, 0.1) is 10.2 Å². The van der Waals surface area contributed by atoms with Crippen molar-refractivity contribution in [3.05, 3.63) is 11.5 Å². The lowest BCUT2D eigenvalue weighted by molar-refractivity contribution is -2.00. The number of aliphatic imine (C=N–C) groups is 1. The Morgan fingerprint density at radius 1 is 1.30 bits per heavy atom. The maximum absolute atomic E-state index is 8.49. The lowest BCUT2D eigenvalue weighted by atomic mass is 10.3. The van der Waals surface area contributed by atoms with Crippen molar-refractivity contribution in [2.24, 2.45) is 10.1 Å². The lowest BCUT2D eigenvalue weighted by Crippen LogP contribution is -3.11. The fourth-order valence-corrected chi connectivity index (χ4v) is 1.87. The molecule has 0 fully saturated rings. The normalized spacial score (nSPS) is 23.8. The molecule has 1 N–H and O–H groups in total. The van der Waals surface area contributed by atoms with Crippen LogP contribution in [0.3, 0.4) is 0 Å². The van der Waals surface area contributed by atoms with Crippen LogP contribution in [0.4, 0.5) is 0 Å². The van der Waals surface area contributed by atoms with E-state index in [1.54, 1.807) is 7.11 Å². The molecule has 0 aliphatic carbocycles. The number of oxime groups is 1. The van der Waals surface area contributed by atoms with Crippen molar-refractivity contribution in [2.75, 3.05) is 34.9 Å². The second-order valence-electron chi connectivity index (χ2n) is 4.15. The van der Waals surface area contributed by atoms with E-state index in [2.05, 4.69) is 19.9 Å². The first kappa shape index (κ1) is 16.6. The molecule has 0 amide bonds. The van der Waals surface area contributed by atoms with E-state index >= 15 is 0 Å². The van der Waals surface area contributed by atoms with Gasteiger partial charge in [0.15, 0.2) is 17.9 Å². The Bertz CT molecular complexity index is 440. The molecular weight excluding hydrogens is 294 g/mol. The first-order valence-electron chi connectivity index (χ1n) is 5.43. The molecule has 1 atom stereocenters. The van der Waals surface area contributed by atoms with Crippen LogP contribution < -0.4 is 23.5 Å². The Kier molecular flexibility index (Phi) is 5.28. The zero-order chi connectivity index (χ0) is 15.5. The van der Waals surface area contributed by atoms with Crippen molar-refractivity contribution in [2.45, 2.75) is 0 Å². The maximum Gasteiger partial charge on any atom is 0.293 e. The molecule has 2 heterocycles. The Balaban J connectivity index is 0.000000347. The summed E-state index contributed by atoms with van der Waals surface area (Å²) in [4.78, 5) is 14.5. The van der Waals surface area contributed by atoms with Gasteiger partial charge in [-0.25, -0.2) is 23.5 Å². The minimum absolute atomic E-state index is 0.831. The van der Waals surface area contributed by atoms with Gasteiger partial charge in [0.25, 0.3) is 5.84 Å². The molecule has 2 aliphatic rings. The van der Waals surface area contributed by atoms with Gasteiger partial charge in [-0.1, -0.05) is 0 Å². The van der Waals surface area contributed by atoms with Gasteiger partial charge in [-0.05, 0) is 5.16 Å². The van der Waals surface area contributed by atoms with Gasteiger partial charge in [-0.2, -0.15) is 4.99 Å². The van der Waals surface area contributed by atoms with E-state index in [0.717, 1.165) is 28.9 Å². The van der Waals surface area contributed by atoms with Crippen LogP contribution in [0.5, 0.6) is 0 Å². The van der Waals surface area contributed by atoms with Crippen molar-refractivity contribution >= 4 is 12.2 Å². The van der Waals surface area contributed by atoms with E-state index in [1.807, 2.05) is 27.5 Å². The molecule has 0 aromatic carbocycles. The van der Waals surface area contributed by atoms with Crippen LogP contribution in [0.25, 0.3) is 0 Å². The molecule has 20 heavy (non-hydrogen) atoms. The predicted octanol–water partition coefficient (Wildman–Crippen LogP) is -6.25. The number of hydrogen-bond donors (Lipinski definition) is 1. The molecule has 0 saturated carbocycles. The molecular formula is C9H16ClN5O5. The van der Waals surface area contributed by atoms with Gasteiger partial charge < -0.3 is 14.6 Å². The molecule has 1 unspecified atom stereocenters. The van der Waals surface area contributed by atoms with Crippen LogP contribution in [0.15, 0.2) is 21.7 Å². The molecule has 10 nitrogen and oxygen atoms in total. The first-order chi connectivity index (χ1) is 9.15. The number of nitrogens with one attached hydrogen (secondary N) is 1. The topological polar surface area (TPSA) is 137 Å². The summed E-state index contributed by atoms with van der Waals surface area (Å²) in [6.45, 7) is 0.831. The zero-order valence-electron chi connectivity index (χ0n) is 11.5. The number of nitrogens with zero attached hydrogens (tertiary/aromatic N) is 4. The second kappa shape index (κ2) is 6.35. The third kappa shape index (κ3) is 4.30. The standard InChI is InChI=1S/C9H15N5O.ClHO4/c1-12-5-10-8-7(9(12)11-15-4)13(2)6-14(8)3;2-1(3,4)5/h5H,6H2,1-4H3;(H,2,3,4,5). The third-order valence-corrected chi connectivity index (χ3v) is 2.54. The lowest BCUT2D eigenvalue weighted by Gasteiger charge is -2.18. The second-order valence-corrected chi connectivity index (χ2v) is 4.91. The SMILES string of the molecule is CON=C1C2=C(N=C[NH+]1C)N(C)CN2C.[O-][Cl+3]([O-])([O-])[O-]. The fourth-order valence-electron chi connectivity index (χ4n) is 1.87. The number of likely N-dealkylation sites (N-methyl/N-ethyl adjacent to an activating group) is 2. The van der Waals surface area contributed by atoms with Gasteiger partial charge >= 0.3 is 0 Å². The highest BCUT2D eigenvalue weighted by molar-refractivity contribution is 5.96. The van der Waals surface area contributed by atoms with E-state index in [-0.39, 0.29) is 0 Å². The van der Waals surface area contributed by atoms with Gasteiger partial charge in [0.05, 0.1) is 13.7 Å². The first-order valence-corrected chi connectivity index (χ1v) is 6.66. The molecule has 0 bridgehead atoms. The highest BCUT2D eigenvalue weighted by Crippen LogP contribution is 2.22. The summed E-state index contributed by atoms with van der Waals surface area (Å²) in [7, 11) is 2.64. The molecule has 2 aliphatic heterocycles. The average molecular weight is 310 g/mol. The average Bonchev–Trinajstić information content (AvgIpc) is 2.56. The minimum atomic E-state index is -4.94. The summed E-state index contributed by atoms with van der Waals surface area (Å²) in [5.41, 5.74) is 1.04. The summed E-state index contributed by atoms with van der Waals surface area (Å²) in [5.74, 6) is 1.83. The zero-order valence-corrected chi connectivity index (χ0v) is 12.2. The van der Waals surface area contributed by atoms with Gasteiger partial charge in [0.2, 0.25) is 0 Å². The number of halogens is 1. The van der Waals surface area contributed by atoms with Crippen molar-refractivity contribution in [3.63, 3.8) is 0 Å². The summed E-state index contributed by atoms with van der Waals surface area (Å²) < 4.78 is 34.0. The van der Waals surface area contributed by atoms with Crippen LogP contribution >= 0.6 is 0 Å². The Morgan fingerprint density at radius 3 is 2.35 bits per heavy atom. The highest BCUT2D eigenvalue weighted by Gasteiger charge is 2.35. The van der Waals surface area contributed by atoms with E-state index in [4.69, 9.17) is 23.5 Å². The van der Waals surface area contributed by atoms with Crippen molar-refractivity contribution in [3.8, 4) is 0 Å². The molecule has 0 saturated heterocycles. The summed E-state index contributed by atoms with van der Waals surface area (Å²) in [6.07, 6.45) is 1.83. The smallest absolute Gasteiger partial charge is 0.293 e. The Labute approximate surface area is 118 Å². The van der Waals surface area contributed by atoms with Crippen LogP contribution in [-0.2, 0) is 4.84 Å². The van der Waals surface area contributed by atoms with Crippen LogP contribution in [0.1, 0.15) is 0 Å². The predicted molar refractivity (Wildman–Crippen MR) is 57.2 cm³/mol. The van der Waals surface area contributed by atoms with Crippen molar-refractivity contribution < 1.29 is 38.6 Å². The molecule has 11 heteroatoms. The quantitative estimate of drug-likeness (QED) is 0.476. The minimum Gasteiger partial charge on any atom is -0.394 e.